The van der Waals surface area contributed by atoms with E-state index < -0.39 is 0 Å². The highest BCUT2D eigenvalue weighted by molar-refractivity contribution is 7.99. The number of nitrogens with one attached hydrogen (secondary N) is 1. The van der Waals surface area contributed by atoms with Crippen molar-refractivity contribution in [3.8, 4) is 11.4 Å². The highest BCUT2D eigenvalue weighted by atomic mass is 32.2. The molecule has 3 aromatic carbocycles. The topological polar surface area (TPSA) is 86.4 Å². The van der Waals surface area contributed by atoms with Crippen molar-refractivity contribution >= 4 is 45.4 Å². The maximum absolute atomic E-state index is 13.4. The lowest BCUT2D eigenvalue weighted by Gasteiger charge is -2.12. The molecule has 0 radical (unpaired) electrons. The molecule has 1 amide bonds. The first-order chi connectivity index (χ1) is 16.1. The molecule has 5 aromatic rings. The number of rotatable bonds is 6. The summed E-state index contributed by atoms with van der Waals surface area (Å²) in [5, 5.41) is 4.02. The maximum Gasteiger partial charge on any atom is 0.302 e. The monoisotopic (exact) mass is 457 g/mol. The lowest BCUT2D eigenvalue weighted by atomic mass is 10.2. The van der Waals surface area contributed by atoms with Crippen molar-refractivity contribution in [2.45, 2.75) is 5.16 Å². The quantitative estimate of drug-likeness (QED) is 0.289. The molecule has 0 aliphatic carbocycles. The molecule has 1 N–H and O–H groups in total. The van der Waals surface area contributed by atoms with Gasteiger partial charge in [-0.2, -0.15) is 0 Å². The highest BCUT2D eigenvalue weighted by Gasteiger charge is 2.19. The lowest BCUT2D eigenvalue weighted by molar-refractivity contribution is -0.113. The zero-order valence-electron chi connectivity index (χ0n) is 17.6. The summed E-state index contributed by atoms with van der Waals surface area (Å²) >= 11 is 1.19. The van der Waals surface area contributed by atoms with Crippen LogP contribution in [-0.4, -0.2) is 28.3 Å². The van der Waals surface area contributed by atoms with Gasteiger partial charge in [-0.3, -0.25) is 14.2 Å². The number of furan rings is 1. The number of aromatic nitrogens is 2. The second kappa shape index (κ2) is 8.84. The van der Waals surface area contributed by atoms with E-state index in [4.69, 9.17) is 14.1 Å². The molecule has 2 aromatic heterocycles. The van der Waals surface area contributed by atoms with Crippen LogP contribution >= 0.6 is 11.8 Å². The number of benzene rings is 3. The molecule has 0 bridgehead atoms. The van der Waals surface area contributed by atoms with E-state index in [0.717, 1.165) is 5.39 Å². The Morgan fingerprint density at radius 2 is 1.76 bits per heavy atom. The van der Waals surface area contributed by atoms with Crippen molar-refractivity contribution in [2.75, 3.05) is 18.2 Å². The van der Waals surface area contributed by atoms with Crippen LogP contribution in [0.25, 0.3) is 27.8 Å². The summed E-state index contributed by atoms with van der Waals surface area (Å²) in [6, 6.07) is 23.7. The number of anilines is 1. The van der Waals surface area contributed by atoms with E-state index in [1.54, 1.807) is 37.4 Å². The number of nitrogens with zero attached hydrogens (tertiary/aromatic N) is 2. The Kier molecular flexibility index (Phi) is 5.58. The molecule has 164 valence electrons. The van der Waals surface area contributed by atoms with Gasteiger partial charge in [0.15, 0.2) is 5.16 Å². The zero-order chi connectivity index (χ0) is 22.8. The third-order valence-electron chi connectivity index (χ3n) is 5.09. The van der Waals surface area contributed by atoms with Crippen LogP contribution in [0.5, 0.6) is 5.75 Å². The number of hydrogen-bond acceptors (Lipinski definition) is 6. The lowest BCUT2D eigenvalue weighted by Crippen LogP contribution is -2.22. The maximum atomic E-state index is 13.4. The molecule has 0 spiro atoms. The summed E-state index contributed by atoms with van der Waals surface area (Å²) in [5.41, 5.74) is 2.26. The Hall–Kier alpha value is -4.04. The van der Waals surface area contributed by atoms with E-state index in [1.807, 2.05) is 48.5 Å². The Morgan fingerprint density at radius 1 is 1.03 bits per heavy atom. The molecule has 2 heterocycles. The summed E-state index contributed by atoms with van der Waals surface area (Å²) in [6.07, 6.45) is 0. The SMILES string of the molecule is COc1ccc(NC(=O)CSc2nc3c(oc4ccccc43)c(=O)n2-c2ccccc2)cc1. The van der Waals surface area contributed by atoms with Crippen molar-refractivity contribution < 1.29 is 13.9 Å². The summed E-state index contributed by atoms with van der Waals surface area (Å²) in [5.74, 6) is 0.572. The molecular formula is C25H19N3O4S. The summed E-state index contributed by atoms with van der Waals surface area (Å²) in [6.45, 7) is 0. The molecule has 0 fully saturated rings. The van der Waals surface area contributed by atoms with E-state index in [1.165, 1.54) is 16.3 Å². The van der Waals surface area contributed by atoms with Crippen molar-refractivity contribution in [3.63, 3.8) is 0 Å². The molecule has 0 aliphatic heterocycles. The zero-order valence-corrected chi connectivity index (χ0v) is 18.5. The molecule has 0 unspecified atom stereocenters. The highest BCUT2D eigenvalue weighted by Crippen LogP contribution is 2.28. The van der Waals surface area contributed by atoms with Gasteiger partial charge in [0.25, 0.3) is 0 Å². The van der Waals surface area contributed by atoms with Gasteiger partial charge in [-0.1, -0.05) is 42.1 Å². The number of amides is 1. The fourth-order valence-corrected chi connectivity index (χ4v) is 4.33. The van der Waals surface area contributed by atoms with Crippen molar-refractivity contribution in [3.05, 3.63) is 89.2 Å². The van der Waals surface area contributed by atoms with E-state index in [9.17, 15) is 9.59 Å². The predicted molar refractivity (Wildman–Crippen MR) is 129 cm³/mol. The summed E-state index contributed by atoms with van der Waals surface area (Å²) in [7, 11) is 1.59. The summed E-state index contributed by atoms with van der Waals surface area (Å²) < 4.78 is 12.5. The number of hydrogen-bond donors (Lipinski definition) is 1. The van der Waals surface area contributed by atoms with Crippen molar-refractivity contribution in [2.24, 2.45) is 0 Å². The van der Waals surface area contributed by atoms with Crippen LogP contribution in [0, 0.1) is 0 Å². The van der Waals surface area contributed by atoms with Crippen LogP contribution in [0.4, 0.5) is 5.69 Å². The van der Waals surface area contributed by atoms with Crippen LogP contribution in [-0.2, 0) is 4.79 Å². The molecule has 8 heteroatoms. The smallest absolute Gasteiger partial charge is 0.302 e. The second-order valence-corrected chi connectivity index (χ2v) is 8.15. The van der Waals surface area contributed by atoms with Gasteiger partial charge in [-0.05, 0) is 48.5 Å². The van der Waals surface area contributed by atoms with Gasteiger partial charge in [0.2, 0.25) is 11.5 Å². The molecule has 0 saturated carbocycles. The number of carbonyl (C=O) groups excluding carboxylic acids is 1. The second-order valence-electron chi connectivity index (χ2n) is 7.21. The first-order valence-electron chi connectivity index (χ1n) is 10.2. The van der Waals surface area contributed by atoms with Gasteiger partial charge in [0.05, 0.1) is 18.6 Å². The summed E-state index contributed by atoms with van der Waals surface area (Å²) in [4.78, 5) is 30.8. The number of methoxy groups -OCH3 is 1. The van der Waals surface area contributed by atoms with Crippen LogP contribution < -0.4 is 15.6 Å². The third kappa shape index (κ3) is 4.08. The first-order valence-corrected chi connectivity index (χ1v) is 11.2. The van der Waals surface area contributed by atoms with Gasteiger partial charge in [-0.25, -0.2) is 4.98 Å². The van der Waals surface area contributed by atoms with Gasteiger partial charge < -0.3 is 14.5 Å². The number of para-hydroxylation sites is 2. The largest absolute Gasteiger partial charge is 0.497 e. The minimum absolute atomic E-state index is 0.0760. The standard InChI is InChI=1S/C25H19N3O4S/c1-31-18-13-11-16(12-14-18)26-21(29)15-33-25-27-22-19-9-5-6-10-20(19)32-23(22)24(30)28(25)17-7-3-2-4-8-17/h2-14H,15H2,1H3,(H,26,29). The van der Waals surface area contributed by atoms with Crippen molar-refractivity contribution in [1.29, 1.82) is 0 Å². The number of fused-ring (bicyclic) bond motifs is 3. The minimum Gasteiger partial charge on any atom is -0.497 e. The number of thioether (sulfide) groups is 1. The molecule has 0 aliphatic rings. The van der Waals surface area contributed by atoms with E-state index in [0.29, 0.717) is 33.4 Å². The average molecular weight is 458 g/mol. The van der Waals surface area contributed by atoms with Gasteiger partial charge in [0.1, 0.15) is 16.8 Å². The van der Waals surface area contributed by atoms with Crippen LogP contribution in [0.15, 0.2) is 93.2 Å². The van der Waals surface area contributed by atoms with Crippen LogP contribution in [0.3, 0.4) is 0 Å². The fourth-order valence-electron chi connectivity index (χ4n) is 3.52. The number of ether oxygens (including phenoxy) is 1. The molecule has 5 rings (SSSR count). The Labute approximate surface area is 193 Å². The van der Waals surface area contributed by atoms with Crippen LogP contribution in [0.2, 0.25) is 0 Å². The molecule has 0 atom stereocenters. The van der Waals surface area contributed by atoms with Gasteiger partial charge >= 0.3 is 5.56 Å². The van der Waals surface area contributed by atoms with E-state index >= 15 is 0 Å². The molecule has 33 heavy (non-hydrogen) atoms. The van der Waals surface area contributed by atoms with Crippen molar-refractivity contribution in [1.82, 2.24) is 9.55 Å². The number of carbonyl (C=O) groups is 1. The molecule has 0 saturated heterocycles. The fraction of sp³-hybridized carbons (Fsp3) is 0.0800. The average Bonchev–Trinajstić information content (AvgIpc) is 3.23. The van der Waals surface area contributed by atoms with Gasteiger partial charge in [0, 0.05) is 11.1 Å². The third-order valence-corrected chi connectivity index (χ3v) is 6.02. The Balaban J connectivity index is 1.51. The predicted octanol–water partition coefficient (Wildman–Crippen LogP) is 4.87. The minimum atomic E-state index is -0.319. The Morgan fingerprint density at radius 3 is 2.52 bits per heavy atom. The van der Waals surface area contributed by atoms with E-state index in [-0.39, 0.29) is 22.8 Å². The Bertz CT molecular complexity index is 1510. The molecular weight excluding hydrogens is 438 g/mol. The normalized spacial score (nSPS) is 11.1. The van der Waals surface area contributed by atoms with Crippen LogP contribution in [0.1, 0.15) is 0 Å². The van der Waals surface area contributed by atoms with E-state index in [2.05, 4.69) is 5.32 Å². The first kappa shape index (κ1) is 20.8. The molecule has 7 nitrogen and oxygen atoms in total. The van der Waals surface area contributed by atoms with Gasteiger partial charge in [-0.15, -0.1) is 0 Å².